The fourth-order valence-corrected chi connectivity index (χ4v) is 2.94. The second kappa shape index (κ2) is 5.41. The molecule has 0 saturated heterocycles. The van der Waals surface area contributed by atoms with Gasteiger partial charge in [-0.2, -0.15) is 5.10 Å². The number of nitrogen functional groups attached to an aromatic ring is 1. The van der Waals surface area contributed by atoms with Crippen LogP contribution in [0.15, 0.2) is 0 Å². The molecular weight excluding hydrogens is 240 g/mol. The maximum atomic E-state index is 9.77. The fourth-order valence-electron chi connectivity index (χ4n) is 2.94. The number of hydrogen-bond acceptors (Lipinski definition) is 4. The van der Waals surface area contributed by atoms with Gasteiger partial charge in [0.25, 0.3) is 0 Å². The lowest BCUT2D eigenvalue weighted by Crippen LogP contribution is -2.44. The zero-order chi connectivity index (χ0) is 14.0. The van der Waals surface area contributed by atoms with Crippen LogP contribution in [-0.4, -0.2) is 27.0 Å². The fraction of sp³-hybridized carbons (Fsp3) is 0.786. The third-order valence-corrected chi connectivity index (χ3v) is 4.16. The van der Waals surface area contributed by atoms with Crippen molar-refractivity contribution in [2.45, 2.75) is 57.4 Å². The Morgan fingerprint density at radius 3 is 2.47 bits per heavy atom. The molecule has 1 fully saturated rings. The van der Waals surface area contributed by atoms with Gasteiger partial charge in [-0.3, -0.25) is 4.68 Å². The van der Waals surface area contributed by atoms with Gasteiger partial charge in [-0.05, 0) is 18.8 Å². The van der Waals surface area contributed by atoms with E-state index >= 15 is 0 Å². The van der Waals surface area contributed by atoms with Gasteiger partial charge in [0.05, 0.1) is 23.5 Å². The number of nitrogens with one attached hydrogen (secondary N) is 1. The molecule has 0 aromatic carbocycles. The van der Waals surface area contributed by atoms with Crippen LogP contribution in [0.5, 0.6) is 0 Å². The van der Waals surface area contributed by atoms with Crippen molar-refractivity contribution in [3.05, 3.63) is 5.69 Å². The lowest BCUT2D eigenvalue weighted by Gasteiger charge is -2.37. The molecule has 19 heavy (non-hydrogen) atoms. The molecule has 1 heterocycles. The summed E-state index contributed by atoms with van der Waals surface area (Å²) in [6.07, 6.45) is 5.54. The third-order valence-electron chi connectivity index (χ3n) is 4.16. The number of rotatable bonds is 4. The van der Waals surface area contributed by atoms with Crippen LogP contribution in [0.2, 0.25) is 0 Å². The highest BCUT2D eigenvalue weighted by Crippen LogP contribution is 2.35. The summed E-state index contributed by atoms with van der Waals surface area (Å²) in [6.45, 7) is 4.32. The maximum absolute atomic E-state index is 9.77. The Labute approximate surface area is 115 Å². The van der Waals surface area contributed by atoms with E-state index in [1.54, 1.807) is 4.68 Å². The summed E-state index contributed by atoms with van der Waals surface area (Å²) in [5.74, 6) is 1.15. The van der Waals surface area contributed by atoms with Crippen molar-refractivity contribution in [2.24, 2.45) is 7.05 Å². The molecule has 5 nitrogen and oxygen atoms in total. The van der Waals surface area contributed by atoms with Crippen molar-refractivity contribution in [3.8, 4) is 0 Å². The highest BCUT2D eigenvalue weighted by Gasteiger charge is 2.33. The van der Waals surface area contributed by atoms with Crippen LogP contribution in [-0.2, 0) is 7.05 Å². The van der Waals surface area contributed by atoms with Gasteiger partial charge >= 0.3 is 0 Å². The summed E-state index contributed by atoms with van der Waals surface area (Å²) in [5, 5.41) is 17.7. The molecule has 0 radical (unpaired) electrons. The predicted octanol–water partition coefficient (Wildman–Crippen LogP) is 2.23. The molecule has 0 unspecified atom stereocenters. The van der Waals surface area contributed by atoms with Crippen LogP contribution in [0.4, 0.5) is 11.5 Å². The van der Waals surface area contributed by atoms with Gasteiger partial charge in [-0.1, -0.05) is 33.1 Å². The quantitative estimate of drug-likeness (QED) is 0.781. The Hall–Kier alpha value is -1.23. The summed E-state index contributed by atoms with van der Waals surface area (Å²) in [7, 11) is 1.90. The Morgan fingerprint density at radius 2 is 2.00 bits per heavy atom. The standard InChI is InChI=1S/C14H26N4O/c1-10(2)12-11(15)13(18(3)17-12)16-14(9-19)7-5-4-6-8-14/h10,16,19H,4-9,15H2,1-3H3. The molecule has 5 heteroatoms. The molecule has 0 atom stereocenters. The van der Waals surface area contributed by atoms with E-state index in [-0.39, 0.29) is 12.1 Å². The van der Waals surface area contributed by atoms with E-state index in [0.717, 1.165) is 42.9 Å². The van der Waals surface area contributed by atoms with Crippen molar-refractivity contribution in [1.29, 1.82) is 0 Å². The maximum Gasteiger partial charge on any atom is 0.148 e. The summed E-state index contributed by atoms with van der Waals surface area (Å²) in [5.41, 5.74) is 7.62. The molecule has 0 spiro atoms. The Kier molecular flexibility index (Phi) is 4.04. The third kappa shape index (κ3) is 2.71. The van der Waals surface area contributed by atoms with Crippen LogP contribution in [0.25, 0.3) is 0 Å². The molecule has 1 aromatic heterocycles. The zero-order valence-electron chi connectivity index (χ0n) is 12.2. The number of aryl methyl sites for hydroxylation is 1. The van der Waals surface area contributed by atoms with Crippen molar-refractivity contribution >= 4 is 11.5 Å². The van der Waals surface area contributed by atoms with E-state index in [1.807, 2.05) is 7.05 Å². The van der Waals surface area contributed by atoms with Gasteiger partial charge in [-0.15, -0.1) is 0 Å². The van der Waals surface area contributed by atoms with Gasteiger partial charge in [0, 0.05) is 7.05 Å². The minimum atomic E-state index is -0.228. The molecule has 1 aliphatic carbocycles. The molecule has 0 bridgehead atoms. The van der Waals surface area contributed by atoms with Gasteiger partial charge in [0.15, 0.2) is 0 Å². The average Bonchev–Trinajstić information content (AvgIpc) is 2.68. The number of anilines is 2. The molecule has 1 aromatic rings. The SMILES string of the molecule is CC(C)c1nn(C)c(NC2(CO)CCCCC2)c1N. The molecular formula is C14H26N4O. The Morgan fingerprint density at radius 1 is 1.37 bits per heavy atom. The number of aromatic nitrogens is 2. The molecule has 0 aliphatic heterocycles. The molecule has 1 saturated carbocycles. The van der Waals surface area contributed by atoms with E-state index in [0.29, 0.717) is 5.92 Å². The normalized spacial score (nSPS) is 18.8. The molecule has 1 aliphatic rings. The topological polar surface area (TPSA) is 76.1 Å². The van der Waals surface area contributed by atoms with E-state index < -0.39 is 0 Å². The number of aliphatic hydroxyl groups is 1. The average molecular weight is 266 g/mol. The van der Waals surface area contributed by atoms with Crippen LogP contribution in [0, 0.1) is 0 Å². The Balaban J connectivity index is 2.27. The second-order valence-corrected chi connectivity index (χ2v) is 6.05. The van der Waals surface area contributed by atoms with Gasteiger partial charge in [0.2, 0.25) is 0 Å². The number of nitrogens with zero attached hydrogens (tertiary/aromatic N) is 2. The van der Waals surface area contributed by atoms with E-state index in [1.165, 1.54) is 6.42 Å². The minimum absolute atomic E-state index is 0.147. The molecule has 2 rings (SSSR count). The summed E-state index contributed by atoms with van der Waals surface area (Å²) in [6, 6.07) is 0. The first-order valence-corrected chi connectivity index (χ1v) is 7.20. The summed E-state index contributed by atoms with van der Waals surface area (Å²) in [4.78, 5) is 0. The minimum Gasteiger partial charge on any atom is -0.394 e. The van der Waals surface area contributed by atoms with E-state index in [2.05, 4.69) is 24.3 Å². The predicted molar refractivity (Wildman–Crippen MR) is 78.2 cm³/mol. The smallest absolute Gasteiger partial charge is 0.148 e. The van der Waals surface area contributed by atoms with Crippen molar-refractivity contribution in [1.82, 2.24) is 9.78 Å². The first kappa shape index (κ1) is 14.2. The Bertz CT molecular complexity index is 433. The van der Waals surface area contributed by atoms with Crippen molar-refractivity contribution < 1.29 is 5.11 Å². The van der Waals surface area contributed by atoms with Crippen LogP contribution < -0.4 is 11.1 Å². The van der Waals surface area contributed by atoms with Gasteiger partial charge < -0.3 is 16.2 Å². The van der Waals surface area contributed by atoms with Gasteiger partial charge in [0.1, 0.15) is 5.82 Å². The highest BCUT2D eigenvalue weighted by atomic mass is 16.3. The highest BCUT2D eigenvalue weighted by molar-refractivity contribution is 5.66. The molecule has 108 valence electrons. The molecule has 4 N–H and O–H groups in total. The first-order chi connectivity index (χ1) is 8.99. The lowest BCUT2D eigenvalue weighted by atomic mass is 9.82. The monoisotopic (exact) mass is 266 g/mol. The van der Waals surface area contributed by atoms with E-state index in [4.69, 9.17) is 5.73 Å². The second-order valence-electron chi connectivity index (χ2n) is 6.05. The van der Waals surface area contributed by atoms with Crippen LogP contribution >= 0.6 is 0 Å². The molecule has 0 amide bonds. The van der Waals surface area contributed by atoms with Gasteiger partial charge in [-0.25, -0.2) is 0 Å². The number of nitrogens with two attached hydrogens (primary N) is 1. The zero-order valence-corrected chi connectivity index (χ0v) is 12.2. The first-order valence-electron chi connectivity index (χ1n) is 7.20. The summed E-state index contributed by atoms with van der Waals surface area (Å²) >= 11 is 0. The van der Waals surface area contributed by atoms with Crippen LogP contribution in [0.1, 0.15) is 57.6 Å². The van der Waals surface area contributed by atoms with E-state index in [9.17, 15) is 5.11 Å². The number of aliphatic hydroxyl groups excluding tert-OH is 1. The number of hydrogen-bond donors (Lipinski definition) is 3. The van der Waals surface area contributed by atoms with Crippen molar-refractivity contribution in [3.63, 3.8) is 0 Å². The lowest BCUT2D eigenvalue weighted by molar-refractivity contribution is 0.172. The van der Waals surface area contributed by atoms with Crippen LogP contribution in [0.3, 0.4) is 0 Å². The largest absolute Gasteiger partial charge is 0.394 e. The van der Waals surface area contributed by atoms with Crippen molar-refractivity contribution in [2.75, 3.05) is 17.7 Å². The summed E-state index contributed by atoms with van der Waals surface area (Å²) < 4.78 is 1.80.